The highest BCUT2D eigenvalue weighted by atomic mass is 127. The number of Topliss-reactive ketones (excluding diaryl/α,β-unsaturated/α-hetero) is 1. The van der Waals surface area contributed by atoms with Gasteiger partial charge in [-0.3, -0.25) is 4.79 Å². The molecule has 0 aliphatic rings. The summed E-state index contributed by atoms with van der Waals surface area (Å²) in [6.07, 6.45) is 0.414. The standard InChI is InChI=1S/C14H10ClIO/c15-12-3-1-2-11(9-12)14(17)8-10-4-6-13(16)7-5-10/h1-7,9H,8H2. The Morgan fingerprint density at radius 2 is 1.82 bits per heavy atom. The van der Waals surface area contributed by atoms with Crippen LogP contribution in [0.25, 0.3) is 0 Å². The molecule has 0 amide bonds. The summed E-state index contributed by atoms with van der Waals surface area (Å²) in [6, 6.07) is 15.0. The average Bonchev–Trinajstić information content (AvgIpc) is 2.32. The van der Waals surface area contributed by atoms with Crippen molar-refractivity contribution in [1.82, 2.24) is 0 Å². The Morgan fingerprint density at radius 1 is 1.12 bits per heavy atom. The van der Waals surface area contributed by atoms with E-state index in [4.69, 9.17) is 11.6 Å². The molecule has 0 aliphatic heterocycles. The molecule has 2 aromatic carbocycles. The predicted molar refractivity (Wildman–Crippen MR) is 78.6 cm³/mol. The van der Waals surface area contributed by atoms with Crippen molar-refractivity contribution >= 4 is 40.0 Å². The molecule has 0 heterocycles. The van der Waals surface area contributed by atoms with E-state index in [0.29, 0.717) is 17.0 Å². The molecule has 1 nitrogen and oxygen atoms in total. The lowest BCUT2D eigenvalue weighted by Crippen LogP contribution is -2.03. The lowest BCUT2D eigenvalue weighted by Gasteiger charge is -2.02. The van der Waals surface area contributed by atoms with Crippen LogP contribution in [0.4, 0.5) is 0 Å². The first-order valence-electron chi connectivity index (χ1n) is 5.18. The summed E-state index contributed by atoms with van der Waals surface area (Å²) in [5.41, 5.74) is 1.69. The zero-order chi connectivity index (χ0) is 12.3. The molecule has 3 heteroatoms. The van der Waals surface area contributed by atoms with Gasteiger partial charge in [0.25, 0.3) is 0 Å². The maximum absolute atomic E-state index is 12.0. The molecule has 0 saturated carbocycles. The van der Waals surface area contributed by atoms with Gasteiger partial charge in [0, 0.05) is 20.6 Å². The minimum absolute atomic E-state index is 0.0914. The van der Waals surface area contributed by atoms with Gasteiger partial charge in [0.05, 0.1) is 0 Å². The Kier molecular flexibility index (Phi) is 4.18. The van der Waals surface area contributed by atoms with Crippen LogP contribution in [0.5, 0.6) is 0 Å². The number of ketones is 1. The fourth-order valence-corrected chi connectivity index (χ4v) is 2.10. The summed E-state index contributed by atoms with van der Waals surface area (Å²) in [4.78, 5) is 12.0. The third kappa shape index (κ3) is 3.54. The van der Waals surface area contributed by atoms with Crippen molar-refractivity contribution in [2.75, 3.05) is 0 Å². The second-order valence-electron chi connectivity index (χ2n) is 3.74. The van der Waals surface area contributed by atoms with E-state index in [-0.39, 0.29) is 5.78 Å². The minimum atomic E-state index is 0.0914. The molecule has 2 aromatic rings. The second kappa shape index (κ2) is 5.65. The first-order chi connectivity index (χ1) is 8.15. The van der Waals surface area contributed by atoms with Crippen molar-refractivity contribution in [2.45, 2.75) is 6.42 Å². The zero-order valence-electron chi connectivity index (χ0n) is 8.99. The van der Waals surface area contributed by atoms with Gasteiger partial charge in [0.2, 0.25) is 0 Å². The fraction of sp³-hybridized carbons (Fsp3) is 0.0714. The van der Waals surface area contributed by atoms with Crippen LogP contribution in [0.3, 0.4) is 0 Å². The molecular formula is C14H10ClIO. The summed E-state index contributed by atoms with van der Waals surface area (Å²) < 4.78 is 1.17. The van der Waals surface area contributed by atoms with E-state index in [9.17, 15) is 4.79 Å². The second-order valence-corrected chi connectivity index (χ2v) is 5.42. The van der Waals surface area contributed by atoms with Crippen LogP contribution in [0.1, 0.15) is 15.9 Å². The lowest BCUT2D eigenvalue weighted by atomic mass is 10.0. The van der Waals surface area contributed by atoms with Gasteiger partial charge in [0.15, 0.2) is 5.78 Å². The monoisotopic (exact) mass is 356 g/mol. The van der Waals surface area contributed by atoms with Gasteiger partial charge in [-0.15, -0.1) is 0 Å². The van der Waals surface area contributed by atoms with E-state index < -0.39 is 0 Å². The molecule has 0 radical (unpaired) electrons. The molecular weight excluding hydrogens is 347 g/mol. The Labute approximate surface area is 119 Å². The molecule has 0 saturated heterocycles. The van der Waals surface area contributed by atoms with Crippen molar-refractivity contribution in [3.8, 4) is 0 Å². The van der Waals surface area contributed by atoms with E-state index >= 15 is 0 Å². The van der Waals surface area contributed by atoms with E-state index in [1.165, 1.54) is 3.57 Å². The van der Waals surface area contributed by atoms with Gasteiger partial charge in [0.1, 0.15) is 0 Å². The topological polar surface area (TPSA) is 17.1 Å². The molecule has 0 fully saturated rings. The fourth-order valence-electron chi connectivity index (χ4n) is 1.55. The SMILES string of the molecule is O=C(Cc1ccc(I)cc1)c1cccc(Cl)c1. The number of benzene rings is 2. The maximum Gasteiger partial charge on any atom is 0.167 e. The molecule has 0 aliphatic carbocycles. The first-order valence-corrected chi connectivity index (χ1v) is 6.64. The van der Waals surface area contributed by atoms with Crippen molar-refractivity contribution in [3.05, 3.63) is 68.3 Å². The van der Waals surface area contributed by atoms with Crippen molar-refractivity contribution in [1.29, 1.82) is 0 Å². The van der Waals surface area contributed by atoms with Crippen LogP contribution >= 0.6 is 34.2 Å². The maximum atomic E-state index is 12.0. The normalized spacial score (nSPS) is 10.2. The molecule has 0 spiro atoms. The zero-order valence-corrected chi connectivity index (χ0v) is 11.9. The largest absolute Gasteiger partial charge is 0.294 e. The molecule has 0 aromatic heterocycles. The van der Waals surface area contributed by atoms with Gasteiger partial charge in [-0.05, 0) is 52.4 Å². The molecule has 0 N–H and O–H groups in total. The van der Waals surface area contributed by atoms with Crippen LogP contribution in [-0.2, 0) is 6.42 Å². The van der Waals surface area contributed by atoms with Crippen LogP contribution in [0, 0.1) is 3.57 Å². The summed E-state index contributed by atoms with van der Waals surface area (Å²) in [5, 5.41) is 0.596. The Balaban J connectivity index is 2.14. The van der Waals surface area contributed by atoms with E-state index in [1.807, 2.05) is 24.3 Å². The highest BCUT2D eigenvalue weighted by Gasteiger charge is 2.07. The van der Waals surface area contributed by atoms with E-state index in [2.05, 4.69) is 22.6 Å². The third-order valence-corrected chi connectivity index (χ3v) is 3.38. The van der Waals surface area contributed by atoms with Crippen LogP contribution in [0.2, 0.25) is 5.02 Å². The summed E-state index contributed by atoms with van der Waals surface area (Å²) in [6.45, 7) is 0. The summed E-state index contributed by atoms with van der Waals surface area (Å²) >= 11 is 8.10. The van der Waals surface area contributed by atoms with E-state index in [1.54, 1.807) is 24.3 Å². The van der Waals surface area contributed by atoms with Crippen molar-refractivity contribution in [3.63, 3.8) is 0 Å². The van der Waals surface area contributed by atoms with Gasteiger partial charge >= 0.3 is 0 Å². The number of hydrogen-bond donors (Lipinski definition) is 0. The van der Waals surface area contributed by atoms with Crippen LogP contribution in [0.15, 0.2) is 48.5 Å². The average molecular weight is 357 g/mol. The number of carbonyl (C=O) groups excluding carboxylic acids is 1. The Morgan fingerprint density at radius 3 is 2.47 bits per heavy atom. The number of carbonyl (C=O) groups is 1. The van der Waals surface area contributed by atoms with Crippen molar-refractivity contribution in [2.24, 2.45) is 0 Å². The highest BCUT2D eigenvalue weighted by Crippen LogP contribution is 2.14. The minimum Gasteiger partial charge on any atom is -0.294 e. The van der Waals surface area contributed by atoms with Crippen LogP contribution < -0.4 is 0 Å². The lowest BCUT2D eigenvalue weighted by molar-refractivity contribution is 0.0993. The molecule has 0 unspecified atom stereocenters. The Bertz CT molecular complexity index is 534. The first kappa shape index (κ1) is 12.6. The molecule has 0 bridgehead atoms. The quantitative estimate of drug-likeness (QED) is 0.589. The molecule has 0 atom stereocenters. The van der Waals surface area contributed by atoms with Crippen LogP contribution in [-0.4, -0.2) is 5.78 Å². The third-order valence-electron chi connectivity index (χ3n) is 2.42. The smallest absolute Gasteiger partial charge is 0.167 e. The van der Waals surface area contributed by atoms with Crippen molar-refractivity contribution < 1.29 is 4.79 Å². The van der Waals surface area contributed by atoms with Gasteiger partial charge in [-0.25, -0.2) is 0 Å². The highest BCUT2D eigenvalue weighted by molar-refractivity contribution is 14.1. The summed E-state index contributed by atoms with van der Waals surface area (Å²) in [5.74, 6) is 0.0914. The predicted octanol–water partition coefficient (Wildman–Crippen LogP) is 4.37. The number of rotatable bonds is 3. The van der Waals surface area contributed by atoms with Gasteiger partial charge in [-0.2, -0.15) is 0 Å². The molecule has 17 heavy (non-hydrogen) atoms. The van der Waals surface area contributed by atoms with Gasteiger partial charge < -0.3 is 0 Å². The van der Waals surface area contributed by atoms with E-state index in [0.717, 1.165) is 5.56 Å². The molecule has 86 valence electrons. The van der Waals surface area contributed by atoms with Gasteiger partial charge in [-0.1, -0.05) is 35.9 Å². The Hall–Kier alpha value is -0.870. The molecule has 2 rings (SSSR count). The summed E-state index contributed by atoms with van der Waals surface area (Å²) in [7, 11) is 0. The number of hydrogen-bond acceptors (Lipinski definition) is 1. The number of halogens is 2.